The Morgan fingerprint density at radius 2 is 1.92 bits per heavy atom. The van der Waals surface area contributed by atoms with Crippen LogP contribution in [0.3, 0.4) is 0 Å². The topological polar surface area (TPSA) is 61.8 Å². The number of benzene rings is 1. The van der Waals surface area contributed by atoms with E-state index in [2.05, 4.69) is 37.2 Å². The molecular formula is C17H22BrN3O2S2. The first-order chi connectivity index (χ1) is 11.8. The average Bonchev–Trinajstić information content (AvgIpc) is 2.96. The monoisotopic (exact) mass is 443 g/mol. The molecule has 5 nitrogen and oxygen atoms in total. The van der Waals surface area contributed by atoms with Crippen LogP contribution in [0, 0.1) is 0 Å². The van der Waals surface area contributed by atoms with E-state index in [0.717, 1.165) is 34.8 Å². The number of guanidine groups is 1. The molecule has 25 heavy (non-hydrogen) atoms. The van der Waals surface area contributed by atoms with Crippen molar-refractivity contribution in [2.24, 2.45) is 4.99 Å². The first kappa shape index (κ1) is 19.9. The summed E-state index contributed by atoms with van der Waals surface area (Å²) in [6, 6.07) is 11.2. The van der Waals surface area contributed by atoms with Gasteiger partial charge in [-0.15, -0.1) is 11.3 Å². The van der Waals surface area contributed by atoms with Gasteiger partial charge in [-0.1, -0.05) is 12.1 Å². The Kier molecular flexibility index (Phi) is 7.04. The molecule has 0 spiro atoms. The summed E-state index contributed by atoms with van der Waals surface area (Å²) in [5.41, 5.74) is 1.08. The van der Waals surface area contributed by atoms with Gasteiger partial charge in [-0.25, -0.2) is 8.42 Å². The summed E-state index contributed by atoms with van der Waals surface area (Å²) in [4.78, 5) is 8.00. The summed E-state index contributed by atoms with van der Waals surface area (Å²) in [7, 11) is 0.631. The van der Waals surface area contributed by atoms with E-state index >= 15 is 0 Å². The van der Waals surface area contributed by atoms with E-state index in [1.54, 1.807) is 30.5 Å². The maximum absolute atomic E-state index is 11.5. The Bertz CT molecular complexity index is 830. The molecule has 0 fully saturated rings. The summed E-state index contributed by atoms with van der Waals surface area (Å²) in [5, 5.41) is 3.34. The van der Waals surface area contributed by atoms with Crippen LogP contribution in [-0.2, 0) is 22.8 Å². The predicted molar refractivity (Wildman–Crippen MR) is 108 cm³/mol. The van der Waals surface area contributed by atoms with Crippen molar-refractivity contribution in [3.63, 3.8) is 0 Å². The Morgan fingerprint density at radius 1 is 1.24 bits per heavy atom. The molecule has 1 N–H and O–H groups in total. The zero-order valence-electron chi connectivity index (χ0n) is 14.5. The van der Waals surface area contributed by atoms with E-state index in [1.807, 2.05) is 25.2 Å². The normalized spacial score (nSPS) is 12.2. The molecule has 136 valence electrons. The molecular weight excluding hydrogens is 422 g/mol. The molecule has 1 heterocycles. The molecule has 2 rings (SSSR count). The van der Waals surface area contributed by atoms with Gasteiger partial charge in [-0.2, -0.15) is 0 Å². The number of rotatable bonds is 6. The van der Waals surface area contributed by atoms with Gasteiger partial charge in [-0.05, 0) is 52.2 Å². The SMILES string of the molecule is CN=C(NCCc1ccc(S(C)(=O)=O)cc1)N(C)Cc1ccc(Br)s1. The highest BCUT2D eigenvalue weighted by Gasteiger charge is 2.09. The minimum atomic E-state index is -3.14. The van der Waals surface area contributed by atoms with Crippen LogP contribution in [0.4, 0.5) is 0 Å². The Balaban J connectivity index is 1.86. The molecule has 0 aliphatic rings. The lowest BCUT2D eigenvalue weighted by molar-refractivity contribution is 0.482. The van der Waals surface area contributed by atoms with Gasteiger partial charge in [0.2, 0.25) is 0 Å². The van der Waals surface area contributed by atoms with Gasteiger partial charge in [0.15, 0.2) is 15.8 Å². The van der Waals surface area contributed by atoms with Gasteiger partial charge >= 0.3 is 0 Å². The molecule has 1 aromatic heterocycles. The molecule has 0 bridgehead atoms. The highest BCUT2D eigenvalue weighted by Crippen LogP contribution is 2.22. The molecule has 0 amide bonds. The van der Waals surface area contributed by atoms with Crippen LogP contribution in [0.2, 0.25) is 0 Å². The largest absolute Gasteiger partial charge is 0.356 e. The van der Waals surface area contributed by atoms with Gasteiger partial charge in [0.05, 0.1) is 15.2 Å². The second kappa shape index (κ2) is 8.82. The number of halogens is 1. The molecule has 8 heteroatoms. The predicted octanol–water partition coefficient (Wildman–Crippen LogP) is 3.16. The second-order valence-corrected chi connectivity index (χ2v) is 10.3. The third-order valence-electron chi connectivity index (χ3n) is 3.64. The lowest BCUT2D eigenvalue weighted by Crippen LogP contribution is -2.39. The standard InChI is InChI=1S/C17H22BrN3O2S2/c1-19-17(21(2)12-14-6-9-16(18)24-14)20-11-10-13-4-7-15(8-5-13)25(3,22)23/h4-9H,10-12H2,1-3H3,(H,19,20). The Labute approximate surface area is 161 Å². The summed E-state index contributed by atoms with van der Waals surface area (Å²) < 4.78 is 24.1. The molecule has 0 unspecified atom stereocenters. The van der Waals surface area contributed by atoms with Crippen molar-refractivity contribution in [2.75, 3.05) is 26.9 Å². The van der Waals surface area contributed by atoms with Gasteiger partial charge in [0.25, 0.3) is 0 Å². The van der Waals surface area contributed by atoms with Crippen molar-refractivity contribution in [1.82, 2.24) is 10.2 Å². The van der Waals surface area contributed by atoms with Crippen LogP contribution in [-0.4, -0.2) is 46.2 Å². The first-order valence-electron chi connectivity index (χ1n) is 7.74. The fraction of sp³-hybridized carbons (Fsp3) is 0.353. The highest BCUT2D eigenvalue weighted by atomic mass is 79.9. The summed E-state index contributed by atoms with van der Waals surface area (Å²) in [5.74, 6) is 0.831. The number of sulfone groups is 1. The van der Waals surface area contributed by atoms with Gasteiger partial charge < -0.3 is 10.2 Å². The van der Waals surface area contributed by atoms with E-state index in [-0.39, 0.29) is 0 Å². The first-order valence-corrected chi connectivity index (χ1v) is 11.2. The van der Waals surface area contributed by atoms with E-state index in [0.29, 0.717) is 4.90 Å². The van der Waals surface area contributed by atoms with E-state index < -0.39 is 9.84 Å². The van der Waals surface area contributed by atoms with Crippen LogP contribution >= 0.6 is 27.3 Å². The average molecular weight is 444 g/mol. The van der Waals surface area contributed by atoms with E-state index in [1.165, 1.54) is 11.1 Å². The van der Waals surface area contributed by atoms with E-state index in [9.17, 15) is 8.42 Å². The summed E-state index contributed by atoms with van der Waals surface area (Å²) >= 11 is 5.19. The zero-order valence-corrected chi connectivity index (χ0v) is 17.7. The quantitative estimate of drug-likeness (QED) is 0.549. The van der Waals surface area contributed by atoms with Crippen LogP contribution in [0.5, 0.6) is 0 Å². The Hall–Kier alpha value is -1.38. The summed E-state index contributed by atoms with van der Waals surface area (Å²) in [6.45, 7) is 1.52. The third-order valence-corrected chi connectivity index (χ3v) is 6.38. The van der Waals surface area contributed by atoms with Gasteiger partial charge in [0, 0.05) is 31.8 Å². The molecule has 0 aliphatic heterocycles. The number of aliphatic imine (C=N–C) groups is 1. The maximum Gasteiger partial charge on any atom is 0.193 e. The minimum Gasteiger partial charge on any atom is -0.356 e. The Morgan fingerprint density at radius 3 is 2.44 bits per heavy atom. The molecule has 0 saturated heterocycles. The number of hydrogen-bond acceptors (Lipinski definition) is 4. The fourth-order valence-electron chi connectivity index (χ4n) is 2.35. The van der Waals surface area contributed by atoms with Crippen molar-refractivity contribution >= 4 is 43.1 Å². The number of thiophene rings is 1. The molecule has 0 radical (unpaired) electrons. The van der Waals surface area contributed by atoms with Crippen molar-refractivity contribution in [1.29, 1.82) is 0 Å². The third kappa shape index (κ3) is 6.13. The van der Waals surface area contributed by atoms with Crippen LogP contribution in [0.25, 0.3) is 0 Å². The maximum atomic E-state index is 11.5. The second-order valence-electron chi connectivity index (χ2n) is 5.70. The number of nitrogens with zero attached hydrogens (tertiary/aromatic N) is 2. The van der Waals surface area contributed by atoms with E-state index in [4.69, 9.17) is 0 Å². The van der Waals surface area contributed by atoms with Crippen molar-refractivity contribution in [3.8, 4) is 0 Å². The van der Waals surface area contributed by atoms with Crippen molar-refractivity contribution < 1.29 is 8.42 Å². The number of hydrogen-bond donors (Lipinski definition) is 1. The summed E-state index contributed by atoms with van der Waals surface area (Å²) in [6.07, 6.45) is 2.01. The lowest BCUT2D eigenvalue weighted by Gasteiger charge is -2.21. The lowest BCUT2D eigenvalue weighted by atomic mass is 10.1. The smallest absolute Gasteiger partial charge is 0.193 e. The zero-order chi connectivity index (χ0) is 18.4. The molecule has 1 aromatic carbocycles. The number of nitrogens with one attached hydrogen (secondary N) is 1. The molecule has 0 aliphatic carbocycles. The van der Waals surface area contributed by atoms with Gasteiger partial charge in [0.1, 0.15) is 0 Å². The molecule has 0 saturated carbocycles. The molecule has 2 aromatic rings. The molecule has 0 atom stereocenters. The van der Waals surface area contributed by atoms with Crippen molar-refractivity contribution in [3.05, 3.63) is 50.6 Å². The minimum absolute atomic E-state index is 0.349. The van der Waals surface area contributed by atoms with Crippen molar-refractivity contribution in [2.45, 2.75) is 17.9 Å². The van der Waals surface area contributed by atoms with Crippen LogP contribution in [0.15, 0.2) is 50.1 Å². The highest BCUT2D eigenvalue weighted by molar-refractivity contribution is 9.11. The van der Waals surface area contributed by atoms with Crippen LogP contribution < -0.4 is 5.32 Å². The fourth-order valence-corrected chi connectivity index (χ4v) is 4.52. The van der Waals surface area contributed by atoms with Crippen LogP contribution in [0.1, 0.15) is 10.4 Å². The van der Waals surface area contributed by atoms with Gasteiger partial charge in [-0.3, -0.25) is 4.99 Å².